The highest BCUT2D eigenvalue weighted by atomic mass is 16.5. The van der Waals surface area contributed by atoms with Crippen molar-refractivity contribution in [3.63, 3.8) is 0 Å². The molecule has 2 atom stereocenters. The molecule has 0 bridgehead atoms. The molecule has 1 rings (SSSR count). The number of rotatable bonds is 2. The van der Waals surface area contributed by atoms with Crippen LogP contribution < -0.4 is 0 Å². The Morgan fingerprint density at radius 3 is 2.79 bits per heavy atom. The summed E-state index contributed by atoms with van der Waals surface area (Å²) < 4.78 is 5.19. The summed E-state index contributed by atoms with van der Waals surface area (Å²) in [6, 6.07) is 0. The minimum atomic E-state index is -0.228. The molecular weight excluding hydrogens is 176 g/mol. The SMILES string of the molecule is C=C1C=CC(C(C)C)CC1OC(C)=O. The zero-order chi connectivity index (χ0) is 10.7. The lowest BCUT2D eigenvalue weighted by molar-refractivity contribution is -0.145. The second-order valence-corrected chi connectivity index (χ2v) is 4.18. The quantitative estimate of drug-likeness (QED) is 0.632. The maximum Gasteiger partial charge on any atom is 0.303 e. The van der Waals surface area contributed by atoms with Crippen LogP contribution in [0.4, 0.5) is 0 Å². The Balaban J connectivity index is 2.65. The van der Waals surface area contributed by atoms with Gasteiger partial charge in [0.05, 0.1) is 0 Å². The Bertz CT molecular complexity index is 263. The highest BCUT2D eigenvalue weighted by Crippen LogP contribution is 2.28. The van der Waals surface area contributed by atoms with E-state index >= 15 is 0 Å². The van der Waals surface area contributed by atoms with Gasteiger partial charge in [0.15, 0.2) is 0 Å². The molecular formula is C12H18O2. The van der Waals surface area contributed by atoms with Crippen LogP contribution in [0.15, 0.2) is 24.3 Å². The molecule has 0 fully saturated rings. The van der Waals surface area contributed by atoms with E-state index in [1.54, 1.807) is 0 Å². The fourth-order valence-corrected chi connectivity index (χ4v) is 1.65. The third-order valence-corrected chi connectivity index (χ3v) is 2.62. The molecule has 0 aromatic rings. The number of carbonyl (C=O) groups is 1. The van der Waals surface area contributed by atoms with E-state index in [2.05, 4.69) is 26.5 Å². The molecule has 1 aliphatic carbocycles. The maximum absolute atomic E-state index is 10.8. The van der Waals surface area contributed by atoms with Crippen LogP contribution in [0.2, 0.25) is 0 Å². The minimum absolute atomic E-state index is 0.120. The van der Waals surface area contributed by atoms with Crippen molar-refractivity contribution in [2.24, 2.45) is 11.8 Å². The Morgan fingerprint density at radius 2 is 2.29 bits per heavy atom. The molecule has 0 amide bonds. The standard InChI is InChI=1S/C12H18O2/c1-8(2)11-6-5-9(3)12(7-11)14-10(4)13/h5-6,8,11-12H,3,7H2,1-2,4H3. The molecule has 2 unspecified atom stereocenters. The third kappa shape index (κ3) is 2.72. The van der Waals surface area contributed by atoms with Gasteiger partial charge in [-0.05, 0) is 23.8 Å². The molecule has 0 saturated heterocycles. The highest BCUT2D eigenvalue weighted by molar-refractivity contribution is 5.66. The number of carbonyl (C=O) groups excluding carboxylic acids is 1. The van der Waals surface area contributed by atoms with Gasteiger partial charge in [-0.1, -0.05) is 32.6 Å². The van der Waals surface area contributed by atoms with Gasteiger partial charge in [-0.2, -0.15) is 0 Å². The normalized spacial score (nSPS) is 26.7. The molecule has 0 aromatic heterocycles. The van der Waals surface area contributed by atoms with Gasteiger partial charge in [0, 0.05) is 6.92 Å². The molecule has 0 N–H and O–H groups in total. The summed E-state index contributed by atoms with van der Waals surface area (Å²) in [5, 5.41) is 0. The van der Waals surface area contributed by atoms with E-state index in [0.717, 1.165) is 12.0 Å². The van der Waals surface area contributed by atoms with E-state index in [4.69, 9.17) is 4.74 Å². The molecule has 78 valence electrons. The molecule has 0 aliphatic heterocycles. The van der Waals surface area contributed by atoms with Gasteiger partial charge in [-0.25, -0.2) is 0 Å². The summed E-state index contributed by atoms with van der Waals surface area (Å²) in [6.45, 7) is 9.67. The Morgan fingerprint density at radius 1 is 1.64 bits per heavy atom. The van der Waals surface area contributed by atoms with Crippen molar-refractivity contribution in [3.8, 4) is 0 Å². The number of allylic oxidation sites excluding steroid dienone is 1. The lowest BCUT2D eigenvalue weighted by atomic mass is 9.83. The molecule has 0 aromatic carbocycles. The molecule has 0 radical (unpaired) electrons. The topological polar surface area (TPSA) is 26.3 Å². The van der Waals surface area contributed by atoms with Crippen LogP contribution in [0.1, 0.15) is 27.2 Å². The summed E-state index contributed by atoms with van der Waals surface area (Å²) in [6.07, 6.45) is 4.88. The molecule has 14 heavy (non-hydrogen) atoms. The van der Waals surface area contributed by atoms with Crippen molar-refractivity contribution < 1.29 is 9.53 Å². The first kappa shape index (κ1) is 11.0. The van der Waals surface area contributed by atoms with E-state index in [9.17, 15) is 4.79 Å². The number of esters is 1. The summed E-state index contributed by atoms with van der Waals surface area (Å²) in [5.74, 6) is 0.844. The van der Waals surface area contributed by atoms with Gasteiger partial charge in [0.1, 0.15) is 6.10 Å². The van der Waals surface area contributed by atoms with Gasteiger partial charge in [-0.3, -0.25) is 4.79 Å². The fourth-order valence-electron chi connectivity index (χ4n) is 1.65. The predicted molar refractivity (Wildman–Crippen MR) is 56.8 cm³/mol. The lowest BCUT2D eigenvalue weighted by Crippen LogP contribution is -2.25. The van der Waals surface area contributed by atoms with Crippen LogP contribution in [0.25, 0.3) is 0 Å². The van der Waals surface area contributed by atoms with Gasteiger partial charge in [0.25, 0.3) is 0 Å². The van der Waals surface area contributed by atoms with Crippen molar-refractivity contribution in [3.05, 3.63) is 24.3 Å². The Hall–Kier alpha value is -1.05. The van der Waals surface area contributed by atoms with Crippen molar-refractivity contribution in [2.45, 2.75) is 33.3 Å². The second kappa shape index (κ2) is 4.45. The summed E-state index contributed by atoms with van der Waals surface area (Å²) in [4.78, 5) is 10.8. The average Bonchev–Trinajstić information content (AvgIpc) is 2.07. The molecule has 2 heteroatoms. The van der Waals surface area contributed by atoms with E-state index in [1.165, 1.54) is 6.92 Å². The van der Waals surface area contributed by atoms with Gasteiger partial charge < -0.3 is 4.74 Å². The zero-order valence-corrected chi connectivity index (χ0v) is 9.12. The smallest absolute Gasteiger partial charge is 0.303 e. The number of hydrogen-bond donors (Lipinski definition) is 0. The van der Waals surface area contributed by atoms with Crippen LogP contribution in [0, 0.1) is 11.8 Å². The van der Waals surface area contributed by atoms with Gasteiger partial charge >= 0.3 is 5.97 Å². The van der Waals surface area contributed by atoms with Crippen molar-refractivity contribution >= 4 is 5.97 Å². The average molecular weight is 194 g/mol. The molecule has 1 aliphatic rings. The van der Waals surface area contributed by atoms with Crippen LogP contribution in [0.5, 0.6) is 0 Å². The summed E-state index contributed by atoms with van der Waals surface area (Å²) in [5.41, 5.74) is 0.900. The van der Waals surface area contributed by atoms with Gasteiger partial charge in [0.2, 0.25) is 0 Å². The molecule has 2 nitrogen and oxygen atoms in total. The van der Waals surface area contributed by atoms with Crippen molar-refractivity contribution in [1.29, 1.82) is 0 Å². The monoisotopic (exact) mass is 194 g/mol. The van der Waals surface area contributed by atoms with Crippen LogP contribution >= 0.6 is 0 Å². The maximum atomic E-state index is 10.8. The van der Waals surface area contributed by atoms with Crippen LogP contribution in [-0.4, -0.2) is 12.1 Å². The van der Waals surface area contributed by atoms with E-state index < -0.39 is 0 Å². The minimum Gasteiger partial charge on any atom is -0.458 e. The number of hydrogen-bond acceptors (Lipinski definition) is 2. The van der Waals surface area contributed by atoms with Gasteiger partial charge in [-0.15, -0.1) is 0 Å². The predicted octanol–water partition coefficient (Wildman–Crippen LogP) is 2.71. The Kier molecular flexibility index (Phi) is 3.50. The molecule has 0 heterocycles. The number of ether oxygens (including phenoxy) is 1. The second-order valence-electron chi connectivity index (χ2n) is 4.18. The largest absolute Gasteiger partial charge is 0.458 e. The van der Waals surface area contributed by atoms with Crippen LogP contribution in [0.3, 0.4) is 0 Å². The van der Waals surface area contributed by atoms with Crippen molar-refractivity contribution in [1.82, 2.24) is 0 Å². The summed E-state index contributed by atoms with van der Waals surface area (Å²) in [7, 11) is 0. The molecule has 0 spiro atoms. The first-order valence-electron chi connectivity index (χ1n) is 5.05. The molecule has 0 saturated carbocycles. The van der Waals surface area contributed by atoms with E-state index in [-0.39, 0.29) is 12.1 Å². The first-order chi connectivity index (χ1) is 6.50. The Labute approximate surface area is 85.6 Å². The summed E-state index contributed by atoms with van der Waals surface area (Å²) >= 11 is 0. The van der Waals surface area contributed by atoms with E-state index in [1.807, 2.05) is 6.08 Å². The highest BCUT2D eigenvalue weighted by Gasteiger charge is 2.24. The lowest BCUT2D eigenvalue weighted by Gasteiger charge is -2.28. The zero-order valence-electron chi connectivity index (χ0n) is 9.12. The van der Waals surface area contributed by atoms with Crippen LogP contribution in [-0.2, 0) is 9.53 Å². The van der Waals surface area contributed by atoms with Crippen molar-refractivity contribution in [2.75, 3.05) is 0 Å². The van der Waals surface area contributed by atoms with E-state index in [0.29, 0.717) is 11.8 Å². The third-order valence-electron chi connectivity index (χ3n) is 2.62. The first-order valence-corrected chi connectivity index (χ1v) is 5.05. The fraction of sp³-hybridized carbons (Fsp3) is 0.583.